The molecule has 1 aromatic heterocycles. The molecule has 0 amide bonds. The van der Waals surface area contributed by atoms with Crippen LogP contribution in [0.2, 0.25) is 0 Å². The summed E-state index contributed by atoms with van der Waals surface area (Å²) >= 11 is 5.90. The molecule has 0 unspecified atom stereocenters. The second-order valence-corrected chi connectivity index (χ2v) is 5.41. The fourth-order valence-corrected chi connectivity index (χ4v) is 2.67. The molecule has 0 spiro atoms. The Hall–Kier alpha value is -1.22. The zero-order valence-corrected chi connectivity index (χ0v) is 13.1. The van der Waals surface area contributed by atoms with Gasteiger partial charge in [0.2, 0.25) is 0 Å². The number of imidazole rings is 1. The number of alkyl halides is 1. The number of hydrogen-bond acceptors (Lipinski definition) is 2. The van der Waals surface area contributed by atoms with E-state index in [1.807, 2.05) is 12.1 Å². The number of fused-ring (bicyclic) bond motifs is 1. The Kier molecular flexibility index (Phi) is 5.72. The minimum absolute atomic E-state index is 0.607. The predicted octanol–water partition coefficient (Wildman–Crippen LogP) is 4.41. The van der Waals surface area contributed by atoms with Gasteiger partial charge in [-0.05, 0) is 18.6 Å². The quantitative estimate of drug-likeness (QED) is 0.533. The van der Waals surface area contributed by atoms with E-state index in [4.69, 9.17) is 21.3 Å². The van der Waals surface area contributed by atoms with Crippen molar-refractivity contribution in [3.8, 4) is 5.75 Å². The zero-order chi connectivity index (χ0) is 14.4. The van der Waals surface area contributed by atoms with E-state index in [-0.39, 0.29) is 0 Å². The average Bonchev–Trinajstić information content (AvgIpc) is 2.81. The van der Waals surface area contributed by atoms with Crippen molar-refractivity contribution in [2.24, 2.45) is 0 Å². The first-order valence-electron chi connectivity index (χ1n) is 7.39. The van der Waals surface area contributed by atoms with Gasteiger partial charge in [-0.1, -0.05) is 26.2 Å². The van der Waals surface area contributed by atoms with Gasteiger partial charge in [0.15, 0.2) is 0 Å². The van der Waals surface area contributed by atoms with Gasteiger partial charge >= 0.3 is 0 Å². The van der Waals surface area contributed by atoms with Crippen LogP contribution in [-0.2, 0) is 13.0 Å². The summed E-state index contributed by atoms with van der Waals surface area (Å²) in [6.45, 7) is 3.24. The van der Waals surface area contributed by atoms with Gasteiger partial charge in [0.05, 0.1) is 18.1 Å². The van der Waals surface area contributed by atoms with Crippen LogP contribution in [0.15, 0.2) is 18.2 Å². The summed E-state index contributed by atoms with van der Waals surface area (Å²) in [5.74, 6) is 2.57. The number of ether oxygens (including phenoxy) is 1. The van der Waals surface area contributed by atoms with E-state index in [1.165, 1.54) is 25.7 Å². The van der Waals surface area contributed by atoms with Crippen LogP contribution in [0, 0.1) is 0 Å². The van der Waals surface area contributed by atoms with E-state index >= 15 is 0 Å². The Morgan fingerprint density at radius 2 is 2.10 bits per heavy atom. The summed E-state index contributed by atoms with van der Waals surface area (Å²) in [7, 11) is 1.70. The van der Waals surface area contributed by atoms with E-state index in [0.717, 1.165) is 35.6 Å². The minimum Gasteiger partial charge on any atom is -0.497 e. The summed E-state index contributed by atoms with van der Waals surface area (Å²) in [5, 5.41) is 0. The van der Waals surface area contributed by atoms with Crippen molar-refractivity contribution in [1.29, 1.82) is 0 Å². The van der Waals surface area contributed by atoms with Gasteiger partial charge in [-0.3, -0.25) is 0 Å². The SMILES string of the molecule is CCCCCCn1c(CCCl)nc2ccc(OC)cc21. The molecule has 0 aliphatic carbocycles. The van der Waals surface area contributed by atoms with E-state index < -0.39 is 0 Å². The Labute approximate surface area is 125 Å². The monoisotopic (exact) mass is 294 g/mol. The fourth-order valence-electron chi connectivity index (χ4n) is 2.50. The molecule has 20 heavy (non-hydrogen) atoms. The van der Waals surface area contributed by atoms with Gasteiger partial charge in [0.1, 0.15) is 11.6 Å². The molecule has 2 rings (SSSR count). The van der Waals surface area contributed by atoms with Crippen LogP contribution in [0.5, 0.6) is 5.75 Å². The van der Waals surface area contributed by atoms with Crippen LogP contribution in [0.1, 0.15) is 38.4 Å². The van der Waals surface area contributed by atoms with Crippen LogP contribution in [0.3, 0.4) is 0 Å². The molecule has 0 radical (unpaired) electrons. The van der Waals surface area contributed by atoms with Crippen molar-refractivity contribution in [3.63, 3.8) is 0 Å². The largest absolute Gasteiger partial charge is 0.497 e. The lowest BCUT2D eigenvalue weighted by Gasteiger charge is -2.09. The summed E-state index contributed by atoms with van der Waals surface area (Å²) < 4.78 is 7.62. The number of benzene rings is 1. The summed E-state index contributed by atoms with van der Waals surface area (Å²) in [4.78, 5) is 4.70. The fraction of sp³-hybridized carbons (Fsp3) is 0.562. The molecule has 0 fully saturated rings. The van der Waals surface area contributed by atoms with Gasteiger partial charge in [0.25, 0.3) is 0 Å². The third-order valence-electron chi connectivity index (χ3n) is 3.59. The molecule has 2 aromatic rings. The number of aryl methyl sites for hydroxylation is 2. The lowest BCUT2D eigenvalue weighted by Crippen LogP contribution is -2.05. The normalized spacial score (nSPS) is 11.2. The van der Waals surface area contributed by atoms with Crippen LogP contribution < -0.4 is 4.74 Å². The molecule has 0 aliphatic heterocycles. The van der Waals surface area contributed by atoms with Crippen LogP contribution in [0.25, 0.3) is 11.0 Å². The highest BCUT2D eigenvalue weighted by Crippen LogP contribution is 2.23. The van der Waals surface area contributed by atoms with Crippen LogP contribution >= 0.6 is 11.6 Å². The molecule has 1 aromatic carbocycles. The van der Waals surface area contributed by atoms with Crippen molar-refractivity contribution in [2.75, 3.05) is 13.0 Å². The molecular formula is C16H23ClN2O. The zero-order valence-electron chi connectivity index (χ0n) is 12.4. The Morgan fingerprint density at radius 1 is 1.25 bits per heavy atom. The maximum Gasteiger partial charge on any atom is 0.121 e. The highest BCUT2D eigenvalue weighted by molar-refractivity contribution is 6.17. The van der Waals surface area contributed by atoms with Crippen LogP contribution in [0.4, 0.5) is 0 Å². The van der Waals surface area contributed by atoms with Gasteiger partial charge in [-0.25, -0.2) is 4.98 Å². The molecule has 1 heterocycles. The number of nitrogens with zero attached hydrogens (tertiary/aromatic N) is 2. The smallest absolute Gasteiger partial charge is 0.121 e. The Morgan fingerprint density at radius 3 is 2.80 bits per heavy atom. The standard InChI is InChI=1S/C16H23ClN2O/c1-3-4-5-6-11-19-15-12-13(20-2)7-8-14(15)18-16(19)9-10-17/h7-8,12H,3-6,9-11H2,1-2H3. The van der Waals surface area contributed by atoms with Crippen molar-refractivity contribution >= 4 is 22.6 Å². The van der Waals surface area contributed by atoms with E-state index in [2.05, 4.69) is 17.6 Å². The van der Waals surface area contributed by atoms with Crippen molar-refractivity contribution in [2.45, 2.75) is 45.6 Å². The molecular weight excluding hydrogens is 272 g/mol. The molecule has 0 bridgehead atoms. The summed E-state index contributed by atoms with van der Waals surface area (Å²) in [6, 6.07) is 6.05. The molecule has 0 saturated carbocycles. The minimum atomic E-state index is 0.607. The van der Waals surface area contributed by atoms with Crippen molar-refractivity contribution in [1.82, 2.24) is 9.55 Å². The van der Waals surface area contributed by atoms with E-state index in [1.54, 1.807) is 7.11 Å². The first-order valence-corrected chi connectivity index (χ1v) is 7.92. The Balaban J connectivity index is 2.28. The van der Waals surface area contributed by atoms with Gasteiger partial charge in [0, 0.05) is 24.9 Å². The Bertz CT molecular complexity index is 551. The molecule has 4 heteroatoms. The second-order valence-electron chi connectivity index (χ2n) is 5.03. The first kappa shape index (κ1) is 15.2. The lowest BCUT2D eigenvalue weighted by atomic mass is 10.2. The highest BCUT2D eigenvalue weighted by Gasteiger charge is 2.11. The maximum atomic E-state index is 5.90. The number of aromatic nitrogens is 2. The number of methoxy groups -OCH3 is 1. The average molecular weight is 295 g/mol. The van der Waals surface area contributed by atoms with Gasteiger partial charge in [-0.15, -0.1) is 11.6 Å². The van der Waals surface area contributed by atoms with Gasteiger partial charge in [-0.2, -0.15) is 0 Å². The maximum absolute atomic E-state index is 5.90. The molecule has 110 valence electrons. The van der Waals surface area contributed by atoms with E-state index in [9.17, 15) is 0 Å². The number of rotatable bonds is 8. The summed E-state index contributed by atoms with van der Waals surface area (Å²) in [6.07, 6.45) is 5.81. The van der Waals surface area contributed by atoms with Crippen molar-refractivity contribution in [3.05, 3.63) is 24.0 Å². The predicted molar refractivity (Wildman–Crippen MR) is 84.9 cm³/mol. The van der Waals surface area contributed by atoms with Crippen molar-refractivity contribution < 1.29 is 4.74 Å². The first-order chi connectivity index (χ1) is 9.80. The number of halogens is 1. The van der Waals surface area contributed by atoms with E-state index in [0.29, 0.717) is 5.88 Å². The van der Waals surface area contributed by atoms with Gasteiger partial charge < -0.3 is 9.30 Å². The molecule has 0 saturated heterocycles. The molecule has 0 N–H and O–H groups in total. The summed E-state index contributed by atoms with van der Waals surface area (Å²) in [5.41, 5.74) is 2.18. The number of unbranched alkanes of at least 4 members (excludes halogenated alkanes) is 3. The molecule has 3 nitrogen and oxygen atoms in total. The highest BCUT2D eigenvalue weighted by atomic mass is 35.5. The topological polar surface area (TPSA) is 27.1 Å². The molecule has 0 aliphatic rings. The lowest BCUT2D eigenvalue weighted by molar-refractivity contribution is 0.415. The third kappa shape index (κ3) is 3.45. The second kappa shape index (κ2) is 7.53. The third-order valence-corrected chi connectivity index (χ3v) is 3.78. The van der Waals surface area contributed by atoms with Crippen LogP contribution in [-0.4, -0.2) is 22.5 Å². The number of hydrogen-bond donors (Lipinski definition) is 0. The molecule has 0 atom stereocenters.